The minimum atomic E-state index is -1.27. The number of nitriles is 1. The molecule has 2 aromatic carbocycles. The molecule has 2 unspecified atom stereocenters. The summed E-state index contributed by atoms with van der Waals surface area (Å²) in [6.07, 6.45) is 0.897. The Hall–Kier alpha value is -3.28. The summed E-state index contributed by atoms with van der Waals surface area (Å²) in [5, 5.41) is 15.9. The van der Waals surface area contributed by atoms with Crippen molar-refractivity contribution in [2.45, 2.75) is 26.2 Å². The monoisotopic (exact) mass is 497 g/mol. The molecule has 0 saturated heterocycles. The fourth-order valence-corrected chi connectivity index (χ4v) is 4.75. The van der Waals surface area contributed by atoms with Crippen LogP contribution < -0.4 is 10.6 Å². The van der Waals surface area contributed by atoms with Gasteiger partial charge in [-0.15, -0.1) is 0 Å². The van der Waals surface area contributed by atoms with Crippen molar-refractivity contribution in [3.63, 3.8) is 0 Å². The van der Waals surface area contributed by atoms with E-state index < -0.39 is 23.7 Å². The van der Waals surface area contributed by atoms with E-state index in [0.29, 0.717) is 16.3 Å². The Morgan fingerprint density at radius 1 is 1.18 bits per heavy atom. The van der Waals surface area contributed by atoms with Crippen LogP contribution >= 0.6 is 23.4 Å². The normalized spacial score (nSPS) is 17.5. The van der Waals surface area contributed by atoms with E-state index >= 15 is 0 Å². The molecular weight excluding hydrogens is 474 g/mol. The zero-order valence-corrected chi connectivity index (χ0v) is 20.3. The molecule has 2 N–H and O–H groups in total. The average Bonchev–Trinajstić information content (AvgIpc) is 2.83. The number of nitrogens with one attached hydrogen (secondary N) is 2. The summed E-state index contributed by atoms with van der Waals surface area (Å²) in [6, 6.07) is 16.4. The molecule has 0 spiro atoms. The van der Waals surface area contributed by atoms with Crippen LogP contribution in [0.2, 0.25) is 5.02 Å². The van der Waals surface area contributed by atoms with Gasteiger partial charge in [-0.1, -0.05) is 60.6 Å². The minimum absolute atomic E-state index is 0.0460. The molecule has 1 aliphatic heterocycles. The maximum absolute atomic E-state index is 13.0. The van der Waals surface area contributed by atoms with Crippen LogP contribution in [0.1, 0.15) is 30.9 Å². The number of esters is 1. The molecule has 9 heteroatoms. The first-order chi connectivity index (χ1) is 16.4. The first-order valence-corrected chi connectivity index (χ1v) is 12.1. The first-order valence-electron chi connectivity index (χ1n) is 10.8. The van der Waals surface area contributed by atoms with Crippen molar-refractivity contribution in [3.05, 3.63) is 75.3 Å². The van der Waals surface area contributed by atoms with E-state index in [1.54, 1.807) is 31.2 Å². The summed E-state index contributed by atoms with van der Waals surface area (Å²) in [5.74, 6) is -3.90. The highest BCUT2D eigenvalue weighted by Gasteiger charge is 2.45. The number of halogens is 1. The lowest BCUT2D eigenvalue weighted by Gasteiger charge is -2.31. The molecule has 2 amide bonds. The summed E-state index contributed by atoms with van der Waals surface area (Å²) in [5.41, 5.74) is 2.42. The van der Waals surface area contributed by atoms with Gasteiger partial charge in [0.2, 0.25) is 11.8 Å². The van der Waals surface area contributed by atoms with Crippen LogP contribution in [0.3, 0.4) is 0 Å². The summed E-state index contributed by atoms with van der Waals surface area (Å²) >= 11 is 7.39. The third-order valence-corrected chi connectivity index (χ3v) is 6.66. The van der Waals surface area contributed by atoms with Gasteiger partial charge in [-0.05, 0) is 42.7 Å². The molecule has 1 aliphatic rings. The van der Waals surface area contributed by atoms with Gasteiger partial charge in [-0.25, -0.2) is 0 Å². The first kappa shape index (κ1) is 25.3. The molecule has 2 aromatic rings. The average molecular weight is 498 g/mol. The molecule has 1 heterocycles. The lowest BCUT2D eigenvalue weighted by atomic mass is 9.78. The van der Waals surface area contributed by atoms with Gasteiger partial charge in [-0.2, -0.15) is 5.26 Å². The SMILES string of the molecule is CCOC(=O)C1C(=O)NC(SCC(=O)Nc2ccc(CC)cc2)=C(C#N)C1c1ccccc1Cl. The van der Waals surface area contributed by atoms with Gasteiger partial charge in [-0.3, -0.25) is 14.4 Å². The summed E-state index contributed by atoms with van der Waals surface area (Å²) in [4.78, 5) is 38.1. The largest absolute Gasteiger partial charge is 0.465 e. The fraction of sp³-hybridized carbons (Fsp3) is 0.280. The van der Waals surface area contributed by atoms with E-state index in [1.165, 1.54) is 0 Å². The van der Waals surface area contributed by atoms with E-state index in [1.807, 2.05) is 31.2 Å². The number of hydrogen-bond acceptors (Lipinski definition) is 6. The second kappa shape index (κ2) is 11.7. The van der Waals surface area contributed by atoms with Crippen LogP contribution in [0.5, 0.6) is 0 Å². The van der Waals surface area contributed by atoms with Gasteiger partial charge in [0.05, 0.1) is 29.0 Å². The Labute approximate surface area is 207 Å². The van der Waals surface area contributed by atoms with E-state index in [-0.39, 0.29) is 28.9 Å². The number of hydrogen-bond donors (Lipinski definition) is 2. The molecule has 0 radical (unpaired) electrons. The lowest BCUT2D eigenvalue weighted by Crippen LogP contribution is -2.44. The van der Waals surface area contributed by atoms with Gasteiger partial charge < -0.3 is 15.4 Å². The van der Waals surface area contributed by atoms with Crippen molar-refractivity contribution in [2.24, 2.45) is 5.92 Å². The van der Waals surface area contributed by atoms with Gasteiger partial charge in [0.15, 0.2) is 0 Å². The maximum atomic E-state index is 13.0. The molecule has 7 nitrogen and oxygen atoms in total. The molecular formula is C25H24ClN3O4S. The van der Waals surface area contributed by atoms with E-state index in [9.17, 15) is 19.6 Å². The highest BCUT2D eigenvalue weighted by Crippen LogP contribution is 2.42. The van der Waals surface area contributed by atoms with Crippen molar-refractivity contribution in [1.29, 1.82) is 5.26 Å². The number of rotatable bonds is 8. The standard InChI is InChI=1S/C25H24ClN3O4S/c1-3-15-9-11-16(12-10-15)28-20(30)14-34-24-18(13-27)21(17-7-5-6-8-19(17)26)22(23(31)29-24)25(32)33-4-2/h5-12,21-22H,3-4,14H2,1-2H3,(H,28,30)(H,29,31). The third kappa shape index (κ3) is 5.79. The highest BCUT2D eigenvalue weighted by molar-refractivity contribution is 8.03. The number of aryl methyl sites for hydroxylation is 1. The predicted molar refractivity (Wildman–Crippen MR) is 132 cm³/mol. The number of nitrogens with zero attached hydrogens (tertiary/aromatic N) is 1. The van der Waals surface area contributed by atoms with Crippen LogP contribution in [0.15, 0.2) is 59.1 Å². The molecule has 0 saturated carbocycles. The molecule has 3 rings (SSSR count). The van der Waals surface area contributed by atoms with Crippen LogP contribution in [0.25, 0.3) is 0 Å². The van der Waals surface area contributed by atoms with Crippen LogP contribution in [-0.2, 0) is 25.5 Å². The number of amides is 2. The third-order valence-electron chi connectivity index (χ3n) is 5.30. The van der Waals surface area contributed by atoms with Crippen molar-refractivity contribution in [3.8, 4) is 6.07 Å². The van der Waals surface area contributed by atoms with Gasteiger partial charge in [0.1, 0.15) is 5.92 Å². The summed E-state index contributed by atoms with van der Waals surface area (Å²) in [6.45, 7) is 3.77. The fourth-order valence-electron chi connectivity index (χ4n) is 3.65. The van der Waals surface area contributed by atoms with E-state index in [0.717, 1.165) is 23.7 Å². The molecule has 0 aromatic heterocycles. The molecule has 0 aliphatic carbocycles. The predicted octanol–water partition coefficient (Wildman–Crippen LogP) is 4.40. The Bertz CT molecular complexity index is 1160. The van der Waals surface area contributed by atoms with E-state index in [2.05, 4.69) is 16.7 Å². The van der Waals surface area contributed by atoms with Crippen molar-refractivity contribution < 1.29 is 19.1 Å². The number of allylic oxidation sites excluding steroid dienone is 1. The Morgan fingerprint density at radius 2 is 1.88 bits per heavy atom. The topological polar surface area (TPSA) is 108 Å². The van der Waals surface area contributed by atoms with E-state index in [4.69, 9.17) is 16.3 Å². The number of anilines is 1. The van der Waals surface area contributed by atoms with Crippen LogP contribution in [0.4, 0.5) is 5.69 Å². The lowest BCUT2D eigenvalue weighted by molar-refractivity contribution is -0.152. The minimum Gasteiger partial charge on any atom is -0.465 e. The van der Waals surface area contributed by atoms with Crippen molar-refractivity contribution >= 4 is 46.8 Å². The summed E-state index contributed by atoms with van der Waals surface area (Å²) < 4.78 is 5.11. The van der Waals surface area contributed by atoms with Gasteiger partial charge in [0, 0.05) is 16.6 Å². The van der Waals surface area contributed by atoms with Crippen LogP contribution in [0, 0.1) is 17.2 Å². The molecule has 34 heavy (non-hydrogen) atoms. The summed E-state index contributed by atoms with van der Waals surface area (Å²) in [7, 11) is 0. The molecule has 2 atom stereocenters. The van der Waals surface area contributed by atoms with Crippen molar-refractivity contribution in [2.75, 3.05) is 17.7 Å². The van der Waals surface area contributed by atoms with Gasteiger partial charge in [0.25, 0.3) is 0 Å². The van der Waals surface area contributed by atoms with Crippen LogP contribution in [-0.4, -0.2) is 30.1 Å². The quantitative estimate of drug-likeness (QED) is 0.413. The highest BCUT2D eigenvalue weighted by atomic mass is 35.5. The zero-order valence-electron chi connectivity index (χ0n) is 18.8. The number of carbonyl (C=O) groups excluding carboxylic acids is 3. The second-order valence-corrected chi connectivity index (χ2v) is 8.85. The van der Waals surface area contributed by atoms with Crippen molar-refractivity contribution in [1.82, 2.24) is 5.32 Å². The number of ether oxygens (including phenoxy) is 1. The Morgan fingerprint density at radius 3 is 2.50 bits per heavy atom. The maximum Gasteiger partial charge on any atom is 0.319 e. The number of thioether (sulfide) groups is 1. The van der Waals surface area contributed by atoms with Gasteiger partial charge >= 0.3 is 5.97 Å². The number of carbonyl (C=O) groups is 3. The second-order valence-electron chi connectivity index (χ2n) is 7.46. The zero-order chi connectivity index (χ0) is 24.7. The Kier molecular flexibility index (Phi) is 8.74. The molecule has 176 valence electrons. The Balaban J connectivity index is 1.87. The smallest absolute Gasteiger partial charge is 0.319 e. The molecule has 0 fully saturated rings. The molecule has 0 bridgehead atoms. The number of benzene rings is 2.